The quantitative estimate of drug-likeness (QED) is 0.712. The molecule has 0 amide bonds. The van der Waals surface area contributed by atoms with Crippen molar-refractivity contribution < 1.29 is 9.53 Å². The molecule has 0 aromatic heterocycles. The van der Waals surface area contributed by atoms with Gasteiger partial charge in [0.05, 0.1) is 7.11 Å². The predicted molar refractivity (Wildman–Crippen MR) is 60.3 cm³/mol. The van der Waals surface area contributed by atoms with Gasteiger partial charge in [0, 0.05) is 11.8 Å². The van der Waals surface area contributed by atoms with Crippen LogP contribution in [0.2, 0.25) is 0 Å². The average Bonchev–Trinajstić information content (AvgIpc) is 2.28. The third-order valence-corrected chi connectivity index (χ3v) is 2.44. The third-order valence-electron chi connectivity index (χ3n) is 2.44. The number of hydrogen-bond acceptors (Lipinski definition) is 2. The maximum Gasteiger partial charge on any atom is 0.126 e. The monoisotopic (exact) mass is 200 g/mol. The maximum atomic E-state index is 10.4. The first-order valence-corrected chi connectivity index (χ1v) is 4.84. The summed E-state index contributed by atoms with van der Waals surface area (Å²) in [7, 11) is 1.66. The first-order valence-electron chi connectivity index (χ1n) is 4.84. The predicted octanol–water partition coefficient (Wildman–Crippen LogP) is 2.59. The Morgan fingerprint density at radius 2 is 2.13 bits per heavy atom. The van der Waals surface area contributed by atoms with Gasteiger partial charge in [-0.3, -0.25) is 0 Å². The Labute approximate surface area is 88.5 Å². The molecular weight excluding hydrogens is 188 g/mol. The smallest absolute Gasteiger partial charge is 0.126 e. The molecule has 0 aliphatic carbocycles. The van der Waals surface area contributed by atoms with E-state index in [1.165, 1.54) is 0 Å². The number of methoxy groups -OCH3 is 1. The second-order valence-corrected chi connectivity index (χ2v) is 3.39. The number of aldehydes is 1. The lowest BCUT2D eigenvalue weighted by molar-refractivity contribution is -0.107. The topological polar surface area (TPSA) is 26.3 Å². The van der Waals surface area contributed by atoms with Crippen LogP contribution in [0.4, 0.5) is 0 Å². The average molecular weight is 200 g/mol. The molecule has 76 valence electrons. The minimum absolute atomic E-state index is 0.465. The molecular formula is C13H12O2. The molecule has 0 saturated carbocycles. The highest BCUT2D eigenvalue weighted by Crippen LogP contribution is 2.25. The fraction of sp³-hybridized carbons (Fsp3) is 0.154. The second kappa shape index (κ2) is 4.13. The molecule has 0 heterocycles. The van der Waals surface area contributed by atoms with E-state index in [2.05, 4.69) is 0 Å². The number of carbonyl (C=O) groups is 1. The van der Waals surface area contributed by atoms with E-state index in [0.717, 1.165) is 28.4 Å². The lowest BCUT2D eigenvalue weighted by Gasteiger charge is -2.05. The van der Waals surface area contributed by atoms with Crippen LogP contribution in [-0.4, -0.2) is 13.4 Å². The van der Waals surface area contributed by atoms with Crippen LogP contribution in [0.1, 0.15) is 5.56 Å². The highest BCUT2D eigenvalue weighted by molar-refractivity contribution is 5.89. The van der Waals surface area contributed by atoms with Gasteiger partial charge in [-0.2, -0.15) is 0 Å². The van der Waals surface area contributed by atoms with Crippen molar-refractivity contribution in [1.29, 1.82) is 0 Å². The molecule has 0 aliphatic rings. The summed E-state index contributed by atoms with van der Waals surface area (Å²) in [5.74, 6) is 0.866. The van der Waals surface area contributed by atoms with Gasteiger partial charge in [-0.1, -0.05) is 30.3 Å². The van der Waals surface area contributed by atoms with Crippen LogP contribution in [0.5, 0.6) is 5.75 Å². The summed E-state index contributed by atoms with van der Waals surface area (Å²) >= 11 is 0. The molecule has 2 rings (SSSR count). The van der Waals surface area contributed by atoms with Crippen molar-refractivity contribution in [2.75, 3.05) is 7.11 Å². The van der Waals surface area contributed by atoms with E-state index in [4.69, 9.17) is 4.74 Å². The molecule has 0 N–H and O–H groups in total. The zero-order chi connectivity index (χ0) is 10.7. The van der Waals surface area contributed by atoms with Crippen molar-refractivity contribution in [3.05, 3.63) is 42.0 Å². The van der Waals surface area contributed by atoms with Crippen molar-refractivity contribution in [1.82, 2.24) is 0 Å². The molecule has 2 nitrogen and oxygen atoms in total. The van der Waals surface area contributed by atoms with E-state index in [-0.39, 0.29) is 0 Å². The van der Waals surface area contributed by atoms with Gasteiger partial charge < -0.3 is 9.53 Å². The van der Waals surface area contributed by atoms with Gasteiger partial charge in [-0.05, 0) is 17.0 Å². The minimum Gasteiger partial charge on any atom is -0.496 e. The molecule has 15 heavy (non-hydrogen) atoms. The summed E-state index contributed by atoms with van der Waals surface area (Å²) in [6.45, 7) is 0. The van der Waals surface area contributed by atoms with E-state index in [1.807, 2.05) is 36.4 Å². The van der Waals surface area contributed by atoms with Gasteiger partial charge in [0.2, 0.25) is 0 Å². The molecule has 2 aromatic rings. The van der Waals surface area contributed by atoms with Crippen molar-refractivity contribution >= 4 is 17.1 Å². The fourth-order valence-electron chi connectivity index (χ4n) is 1.70. The van der Waals surface area contributed by atoms with Crippen LogP contribution >= 0.6 is 0 Å². The largest absolute Gasteiger partial charge is 0.496 e. The summed E-state index contributed by atoms with van der Waals surface area (Å²) in [4.78, 5) is 10.4. The Balaban J connectivity index is 2.58. The van der Waals surface area contributed by atoms with Crippen LogP contribution in [-0.2, 0) is 11.2 Å². The van der Waals surface area contributed by atoms with Gasteiger partial charge in [-0.15, -0.1) is 0 Å². The normalized spacial score (nSPS) is 10.2. The van der Waals surface area contributed by atoms with Gasteiger partial charge in [-0.25, -0.2) is 0 Å². The molecule has 2 heteroatoms. The van der Waals surface area contributed by atoms with Crippen LogP contribution < -0.4 is 4.74 Å². The van der Waals surface area contributed by atoms with Crippen molar-refractivity contribution in [2.24, 2.45) is 0 Å². The molecule has 2 aromatic carbocycles. The lowest BCUT2D eigenvalue weighted by atomic mass is 10.0. The summed E-state index contributed by atoms with van der Waals surface area (Å²) in [5, 5.41) is 2.18. The van der Waals surface area contributed by atoms with Crippen LogP contribution in [0, 0.1) is 0 Å². The molecule has 0 unspecified atom stereocenters. The number of ether oxygens (including phenoxy) is 1. The number of rotatable bonds is 3. The first kappa shape index (κ1) is 9.71. The Morgan fingerprint density at radius 3 is 2.87 bits per heavy atom. The highest BCUT2D eigenvalue weighted by atomic mass is 16.5. The lowest BCUT2D eigenvalue weighted by Crippen LogP contribution is -1.88. The summed E-state index contributed by atoms with van der Waals surface area (Å²) in [6.07, 6.45) is 1.38. The first-order chi connectivity index (χ1) is 7.35. The third kappa shape index (κ3) is 1.84. The minimum atomic E-state index is 0.465. The van der Waals surface area contributed by atoms with Crippen molar-refractivity contribution in [2.45, 2.75) is 6.42 Å². The van der Waals surface area contributed by atoms with E-state index >= 15 is 0 Å². The second-order valence-electron chi connectivity index (χ2n) is 3.39. The molecule has 0 radical (unpaired) electrons. The van der Waals surface area contributed by atoms with Crippen LogP contribution in [0.15, 0.2) is 36.4 Å². The number of fused-ring (bicyclic) bond motifs is 1. The number of hydrogen-bond donors (Lipinski definition) is 0. The van der Waals surface area contributed by atoms with Gasteiger partial charge in [0.25, 0.3) is 0 Å². The highest BCUT2D eigenvalue weighted by Gasteiger charge is 2.01. The van der Waals surface area contributed by atoms with Gasteiger partial charge in [0.15, 0.2) is 0 Å². The standard InChI is InChI=1S/C13H12O2/c1-15-13-4-2-3-11-9-10(7-8-14)5-6-12(11)13/h2-6,8-9H,7H2,1H3. The zero-order valence-corrected chi connectivity index (χ0v) is 8.57. The fourth-order valence-corrected chi connectivity index (χ4v) is 1.70. The molecule has 0 aliphatic heterocycles. The Hall–Kier alpha value is -1.83. The summed E-state index contributed by atoms with van der Waals surface area (Å²) in [5.41, 5.74) is 1.03. The summed E-state index contributed by atoms with van der Waals surface area (Å²) in [6, 6.07) is 11.9. The molecule has 0 saturated heterocycles. The maximum absolute atomic E-state index is 10.4. The molecule has 0 fully saturated rings. The summed E-state index contributed by atoms with van der Waals surface area (Å²) < 4.78 is 5.26. The van der Waals surface area contributed by atoms with Crippen molar-refractivity contribution in [3.8, 4) is 5.75 Å². The molecule has 0 spiro atoms. The number of benzene rings is 2. The van der Waals surface area contributed by atoms with E-state index in [0.29, 0.717) is 6.42 Å². The van der Waals surface area contributed by atoms with Gasteiger partial charge >= 0.3 is 0 Å². The molecule has 0 atom stereocenters. The number of carbonyl (C=O) groups excluding carboxylic acids is 1. The zero-order valence-electron chi connectivity index (χ0n) is 8.57. The Kier molecular flexibility index (Phi) is 2.68. The van der Waals surface area contributed by atoms with E-state index < -0.39 is 0 Å². The Morgan fingerprint density at radius 1 is 1.27 bits per heavy atom. The van der Waals surface area contributed by atoms with E-state index in [1.54, 1.807) is 7.11 Å². The van der Waals surface area contributed by atoms with Gasteiger partial charge in [0.1, 0.15) is 12.0 Å². The van der Waals surface area contributed by atoms with Crippen LogP contribution in [0.3, 0.4) is 0 Å². The Bertz CT molecular complexity index is 489. The molecule has 0 bridgehead atoms. The van der Waals surface area contributed by atoms with E-state index in [9.17, 15) is 4.79 Å². The SMILES string of the molecule is COc1cccc2cc(CC=O)ccc12. The van der Waals surface area contributed by atoms with Crippen LogP contribution in [0.25, 0.3) is 10.8 Å². The van der Waals surface area contributed by atoms with Crippen molar-refractivity contribution in [3.63, 3.8) is 0 Å².